The Hall–Kier alpha value is -1.75. The highest BCUT2D eigenvalue weighted by molar-refractivity contribution is 5.09. The number of aryl methyl sites for hydroxylation is 2. The van der Waals surface area contributed by atoms with Crippen LogP contribution in [0.1, 0.15) is 23.2 Å². The largest absolute Gasteiger partial charge is 0.424 e. The first-order valence-corrected chi connectivity index (χ1v) is 5.16. The van der Waals surface area contributed by atoms with Gasteiger partial charge in [-0.2, -0.15) is 0 Å². The van der Waals surface area contributed by atoms with Crippen molar-refractivity contribution in [1.29, 1.82) is 0 Å². The highest BCUT2D eigenvalue weighted by atomic mass is 16.4. The predicted molar refractivity (Wildman–Crippen MR) is 58.6 cm³/mol. The number of nitrogens with one attached hydrogen (secondary N) is 1. The molecule has 2 aromatic heterocycles. The second kappa shape index (κ2) is 4.85. The molecule has 16 heavy (non-hydrogen) atoms. The summed E-state index contributed by atoms with van der Waals surface area (Å²) in [5.74, 6) is 1.19. The van der Waals surface area contributed by atoms with Crippen LogP contribution in [0.15, 0.2) is 22.6 Å². The first-order valence-electron chi connectivity index (χ1n) is 5.16. The molecule has 0 aliphatic carbocycles. The SMILES string of the molecule is Cc1cccc(CNCc2nnc(C)o2)n1. The molecule has 0 bridgehead atoms. The van der Waals surface area contributed by atoms with E-state index in [0.717, 1.165) is 11.4 Å². The molecule has 0 aromatic carbocycles. The van der Waals surface area contributed by atoms with Crippen LogP contribution >= 0.6 is 0 Å². The second-order valence-electron chi connectivity index (χ2n) is 3.59. The van der Waals surface area contributed by atoms with Crippen LogP contribution in [0, 0.1) is 13.8 Å². The third kappa shape index (κ3) is 2.87. The predicted octanol–water partition coefficient (Wildman–Crippen LogP) is 1.37. The molecule has 2 heterocycles. The molecule has 5 nitrogen and oxygen atoms in total. The lowest BCUT2D eigenvalue weighted by Gasteiger charge is -2.02. The fourth-order valence-electron chi connectivity index (χ4n) is 1.40. The van der Waals surface area contributed by atoms with Crippen molar-refractivity contribution in [1.82, 2.24) is 20.5 Å². The molecule has 0 saturated carbocycles. The van der Waals surface area contributed by atoms with E-state index in [4.69, 9.17) is 4.42 Å². The van der Waals surface area contributed by atoms with Gasteiger partial charge in [-0.05, 0) is 19.1 Å². The Morgan fingerprint density at radius 2 is 2.06 bits per heavy atom. The average molecular weight is 218 g/mol. The summed E-state index contributed by atoms with van der Waals surface area (Å²) < 4.78 is 5.24. The molecule has 5 heteroatoms. The molecule has 0 saturated heterocycles. The molecule has 0 aliphatic heterocycles. The van der Waals surface area contributed by atoms with Gasteiger partial charge in [0.2, 0.25) is 11.8 Å². The van der Waals surface area contributed by atoms with Gasteiger partial charge in [-0.15, -0.1) is 10.2 Å². The summed E-state index contributed by atoms with van der Waals surface area (Å²) in [6.07, 6.45) is 0. The minimum atomic E-state index is 0.566. The summed E-state index contributed by atoms with van der Waals surface area (Å²) in [6, 6.07) is 5.96. The van der Waals surface area contributed by atoms with Gasteiger partial charge >= 0.3 is 0 Å². The Morgan fingerprint density at radius 3 is 2.75 bits per heavy atom. The Labute approximate surface area is 93.9 Å². The molecule has 0 aliphatic rings. The van der Waals surface area contributed by atoms with Crippen molar-refractivity contribution in [3.05, 3.63) is 41.4 Å². The summed E-state index contributed by atoms with van der Waals surface area (Å²) in [5.41, 5.74) is 2.03. The molecule has 0 fully saturated rings. The first kappa shape index (κ1) is 10.8. The molecule has 0 atom stereocenters. The minimum Gasteiger partial charge on any atom is -0.424 e. The van der Waals surface area contributed by atoms with Crippen LogP contribution in [0.25, 0.3) is 0 Å². The lowest BCUT2D eigenvalue weighted by Crippen LogP contribution is -2.14. The van der Waals surface area contributed by atoms with Gasteiger partial charge in [-0.1, -0.05) is 6.07 Å². The van der Waals surface area contributed by atoms with E-state index in [-0.39, 0.29) is 0 Å². The topological polar surface area (TPSA) is 63.8 Å². The summed E-state index contributed by atoms with van der Waals surface area (Å²) in [7, 11) is 0. The van der Waals surface area contributed by atoms with Crippen molar-refractivity contribution in [2.75, 3.05) is 0 Å². The fourth-order valence-corrected chi connectivity index (χ4v) is 1.40. The van der Waals surface area contributed by atoms with Crippen molar-refractivity contribution in [3.8, 4) is 0 Å². The van der Waals surface area contributed by atoms with Crippen LogP contribution in [0.4, 0.5) is 0 Å². The van der Waals surface area contributed by atoms with E-state index in [0.29, 0.717) is 24.9 Å². The van der Waals surface area contributed by atoms with Crippen LogP contribution in [0.5, 0.6) is 0 Å². The zero-order valence-electron chi connectivity index (χ0n) is 9.40. The van der Waals surface area contributed by atoms with Crippen LogP contribution in [-0.4, -0.2) is 15.2 Å². The van der Waals surface area contributed by atoms with Gasteiger partial charge in [0.25, 0.3) is 0 Å². The maximum atomic E-state index is 5.24. The molecule has 0 unspecified atom stereocenters. The Morgan fingerprint density at radius 1 is 1.19 bits per heavy atom. The fraction of sp³-hybridized carbons (Fsp3) is 0.364. The van der Waals surface area contributed by atoms with Crippen LogP contribution in [0.2, 0.25) is 0 Å². The molecular formula is C11H14N4O. The van der Waals surface area contributed by atoms with Crippen molar-refractivity contribution in [2.45, 2.75) is 26.9 Å². The van der Waals surface area contributed by atoms with E-state index in [1.54, 1.807) is 6.92 Å². The Bertz CT molecular complexity index is 467. The molecule has 2 rings (SSSR count). The van der Waals surface area contributed by atoms with Gasteiger partial charge in [0, 0.05) is 19.2 Å². The summed E-state index contributed by atoms with van der Waals surface area (Å²) in [6.45, 7) is 5.02. The molecule has 0 amide bonds. The number of hydrogen-bond acceptors (Lipinski definition) is 5. The highest BCUT2D eigenvalue weighted by Crippen LogP contribution is 2.00. The quantitative estimate of drug-likeness (QED) is 0.839. The smallest absolute Gasteiger partial charge is 0.230 e. The van der Waals surface area contributed by atoms with Gasteiger partial charge in [-0.3, -0.25) is 4.98 Å². The molecule has 2 aromatic rings. The normalized spacial score (nSPS) is 10.6. The van der Waals surface area contributed by atoms with Gasteiger partial charge in [0.05, 0.1) is 12.2 Å². The molecule has 1 N–H and O–H groups in total. The molecule has 84 valence electrons. The van der Waals surface area contributed by atoms with Crippen LogP contribution in [-0.2, 0) is 13.1 Å². The number of pyridine rings is 1. The van der Waals surface area contributed by atoms with Crippen molar-refractivity contribution >= 4 is 0 Å². The van der Waals surface area contributed by atoms with E-state index >= 15 is 0 Å². The first-order chi connectivity index (χ1) is 7.74. The molecule has 0 spiro atoms. The van der Waals surface area contributed by atoms with E-state index in [2.05, 4.69) is 20.5 Å². The van der Waals surface area contributed by atoms with Crippen LogP contribution in [0.3, 0.4) is 0 Å². The van der Waals surface area contributed by atoms with Gasteiger partial charge < -0.3 is 9.73 Å². The lowest BCUT2D eigenvalue weighted by molar-refractivity contribution is 0.446. The molecular weight excluding hydrogens is 204 g/mol. The zero-order chi connectivity index (χ0) is 11.4. The maximum absolute atomic E-state index is 5.24. The van der Waals surface area contributed by atoms with Gasteiger partial charge in [0.1, 0.15) is 0 Å². The zero-order valence-corrected chi connectivity index (χ0v) is 9.40. The summed E-state index contributed by atoms with van der Waals surface area (Å²) >= 11 is 0. The monoisotopic (exact) mass is 218 g/mol. The van der Waals surface area contributed by atoms with E-state index in [1.165, 1.54) is 0 Å². The number of nitrogens with zero attached hydrogens (tertiary/aromatic N) is 3. The van der Waals surface area contributed by atoms with Crippen LogP contribution < -0.4 is 5.32 Å². The highest BCUT2D eigenvalue weighted by Gasteiger charge is 2.01. The third-order valence-corrected chi connectivity index (χ3v) is 2.10. The number of rotatable bonds is 4. The van der Waals surface area contributed by atoms with E-state index < -0.39 is 0 Å². The molecule has 0 radical (unpaired) electrons. The second-order valence-corrected chi connectivity index (χ2v) is 3.59. The minimum absolute atomic E-state index is 0.566. The standard InChI is InChI=1S/C11H14N4O/c1-8-4-3-5-10(13-8)6-12-7-11-15-14-9(2)16-11/h3-5,12H,6-7H2,1-2H3. The number of aromatic nitrogens is 3. The Balaban J connectivity index is 1.84. The van der Waals surface area contributed by atoms with Gasteiger partial charge in [-0.25, -0.2) is 0 Å². The maximum Gasteiger partial charge on any atom is 0.230 e. The lowest BCUT2D eigenvalue weighted by atomic mass is 10.3. The Kier molecular flexibility index (Phi) is 3.26. The van der Waals surface area contributed by atoms with Gasteiger partial charge in [0.15, 0.2) is 0 Å². The van der Waals surface area contributed by atoms with E-state index in [9.17, 15) is 0 Å². The van der Waals surface area contributed by atoms with Crippen molar-refractivity contribution in [2.24, 2.45) is 0 Å². The summed E-state index contributed by atoms with van der Waals surface area (Å²) in [4.78, 5) is 4.38. The van der Waals surface area contributed by atoms with E-state index in [1.807, 2.05) is 25.1 Å². The third-order valence-electron chi connectivity index (χ3n) is 2.10. The summed E-state index contributed by atoms with van der Waals surface area (Å²) in [5, 5.41) is 10.8. The van der Waals surface area contributed by atoms with Crippen molar-refractivity contribution in [3.63, 3.8) is 0 Å². The van der Waals surface area contributed by atoms with Crippen molar-refractivity contribution < 1.29 is 4.42 Å². The average Bonchev–Trinajstić information content (AvgIpc) is 2.64. The number of hydrogen-bond donors (Lipinski definition) is 1.